The number of aryl methyl sites for hydroxylation is 1. The standard InChI is InChI=1S/C23H28N4O2/c1-16(2)27-21-9-8-19(24-23(28)18-6-4-17(3)5-7-18)14-20(21)25-22(27)15-26-10-12-29-13-11-26/h4-9,14,16H,10-13,15H2,1-3H3,(H,24,28). The summed E-state index contributed by atoms with van der Waals surface area (Å²) in [6.07, 6.45) is 0. The van der Waals surface area contributed by atoms with Gasteiger partial charge in [0, 0.05) is 30.4 Å². The number of nitrogens with zero attached hydrogens (tertiary/aromatic N) is 3. The number of aromatic nitrogens is 2. The van der Waals surface area contributed by atoms with E-state index in [1.54, 1.807) is 0 Å². The first-order valence-corrected chi connectivity index (χ1v) is 10.2. The number of imidazole rings is 1. The molecule has 29 heavy (non-hydrogen) atoms. The Labute approximate surface area is 171 Å². The molecule has 2 heterocycles. The van der Waals surface area contributed by atoms with Crippen LogP contribution < -0.4 is 5.32 Å². The van der Waals surface area contributed by atoms with Crippen molar-refractivity contribution in [2.45, 2.75) is 33.4 Å². The molecule has 0 radical (unpaired) electrons. The van der Waals surface area contributed by atoms with E-state index in [4.69, 9.17) is 9.72 Å². The van der Waals surface area contributed by atoms with Gasteiger partial charge in [-0.15, -0.1) is 0 Å². The topological polar surface area (TPSA) is 59.4 Å². The molecule has 3 aromatic rings. The van der Waals surface area contributed by atoms with Crippen molar-refractivity contribution in [3.63, 3.8) is 0 Å². The average Bonchev–Trinajstić information content (AvgIpc) is 3.06. The van der Waals surface area contributed by atoms with Crippen molar-refractivity contribution in [2.24, 2.45) is 0 Å². The smallest absolute Gasteiger partial charge is 0.255 e. The summed E-state index contributed by atoms with van der Waals surface area (Å²) in [6, 6.07) is 13.9. The molecule has 1 saturated heterocycles. The summed E-state index contributed by atoms with van der Waals surface area (Å²) in [7, 11) is 0. The number of carbonyl (C=O) groups excluding carboxylic acids is 1. The fraction of sp³-hybridized carbons (Fsp3) is 0.391. The van der Waals surface area contributed by atoms with Crippen LogP contribution in [0.2, 0.25) is 0 Å². The van der Waals surface area contributed by atoms with Crippen molar-refractivity contribution in [3.05, 3.63) is 59.4 Å². The van der Waals surface area contributed by atoms with Gasteiger partial charge in [0.15, 0.2) is 0 Å². The van der Waals surface area contributed by atoms with Gasteiger partial charge < -0.3 is 14.6 Å². The van der Waals surface area contributed by atoms with Gasteiger partial charge in [-0.3, -0.25) is 9.69 Å². The average molecular weight is 393 g/mol. The zero-order chi connectivity index (χ0) is 20.4. The van der Waals surface area contributed by atoms with Crippen molar-refractivity contribution in [3.8, 4) is 0 Å². The number of carbonyl (C=O) groups is 1. The molecule has 1 aromatic heterocycles. The maximum absolute atomic E-state index is 12.5. The van der Waals surface area contributed by atoms with Crippen molar-refractivity contribution >= 4 is 22.6 Å². The number of hydrogen-bond donors (Lipinski definition) is 1. The summed E-state index contributed by atoms with van der Waals surface area (Å²) in [4.78, 5) is 19.8. The monoisotopic (exact) mass is 392 g/mol. The lowest BCUT2D eigenvalue weighted by molar-refractivity contribution is 0.0325. The van der Waals surface area contributed by atoms with Crippen LogP contribution in [0.4, 0.5) is 5.69 Å². The number of hydrogen-bond acceptors (Lipinski definition) is 4. The zero-order valence-corrected chi connectivity index (χ0v) is 17.3. The Morgan fingerprint density at radius 1 is 1.14 bits per heavy atom. The van der Waals surface area contributed by atoms with Crippen molar-refractivity contribution in [1.29, 1.82) is 0 Å². The number of morpholine rings is 1. The molecule has 1 aliphatic heterocycles. The zero-order valence-electron chi connectivity index (χ0n) is 17.3. The molecule has 2 aromatic carbocycles. The molecule has 4 rings (SSSR count). The first-order chi connectivity index (χ1) is 14.0. The Hall–Kier alpha value is -2.70. The van der Waals surface area contributed by atoms with E-state index in [2.05, 4.69) is 34.7 Å². The molecule has 0 aliphatic carbocycles. The van der Waals surface area contributed by atoms with E-state index in [0.29, 0.717) is 11.6 Å². The first kappa shape index (κ1) is 19.6. The Morgan fingerprint density at radius 2 is 1.86 bits per heavy atom. The van der Waals surface area contributed by atoms with E-state index < -0.39 is 0 Å². The molecule has 1 amide bonds. The van der Waals surface area contributed by atoms with E-state index >= 15 is 0 Å². The second-order valence-electron chi connectivity index (χ2n) is 7.90. The van der Waals surface area contributed by atoms with E-state index in [-0.39, 0.29) is 5.91 Å². The lowest BCUT2D eigenvalue weighted by Crippen LogP contribution is -2.36. The van der Waals surface area contributed by atoms with Crippen LogP contribution in [-0.4, -0.2) is 46.7 Å². The molecule has 6 nitrogen and oxygen atoms in total. The van der Waals surface area contributed by atoms with Crippen LogP contribution in [0, 0.1) is 6.92 Å². The van der Waals surface area contributed by atoms with Crippen LogP contribution in [0.5, 0.6) is 0 Å². The van der Waals surface area contributed by atoms with Crippen LogP contribution in [0.1, 0.15) is 41.6 Å². The second-order valence-corrected chi connectivity index (χ2v) is 7.90. The van der Waals surface area contributed by atoms with E-state index in [1.165, 1.54) is 0 Å². The van der Waals surface area contributed by atoms with Crippen molar-refractivity contribution < 1.29 is 9.53 Å². The molecule has 1 N–H and O–H groups in total. The molecule has 1 fully saturated rings. The number of ether oxygens (including phenoxy) is 1. The number of nitrogens with one attached hydrogen (secondary N) is 1. The number of rotatable bonds is 5. The van der Waals surface area contributed by atoms with Gasteiger partial charge in [-0.05, 0) is 51.1 Å². The summed E-state index contributed by atoms with van der Waals surface area (Å²) in [6.45, 7) is 10.6. The number of anilines is 1. The van der Waals surface area contributed by atoms with Gasteiger partial charge in [0.1, 0.15) is 5.82 Å². The predicted molar refractivity (Wildman–Crippen MR) is 115 cm³/mol. The van der Waals surface area contributed by atoms with Gasteiger partial charge in [-0.25, -0.2) is 4.98 Å². The predicted octanol–water partition coefficient (Wildman–Crippen LogP) is 4.01. The Morgan fingerprint density at radius 3 is 2.55 bits per heavy atom. The second kappa shape index (κ2) is 8.35. The number of fused-ring (bicyclic) bond motifs is 1. The molecule has 6 heteroatoms. The molecular formula is C23H28N4O2. The Bertz CT molecular complexity index is 1000. The highest BCUT2D eigenvalue weighted by molar-refractivity contribution is 6.05. The lowest BCUT2D eigenvalue weighted by atomic mass is 10.1. The van der Waals surface area contributed by atoms with Gasteiger partial charge in [0.25, 0.3) is 5.91 Å². The van der Waals surface area contributed by atoms with E-state index in [9.17, 15) is 4.79 Å². The van der Waals surface area contributed by atoms with Crippen LogP contribution in [-0.2, 0) is 11.3 Å². The highest BCUT2D eigenvalue weighted by atomic mass is 16.5. The van der Waals surface area contributed by atoms with Gasteiger partial charge in [0.2, 0.25) is 0 Å². The Kier molecular flexibility index (Phi) is 5.65. The minimum atomic E-state index is -0.110. The summed E-state index contributed by atoms with van der Waals surface area (Å²) >= 11 is 0. The largest absolute Gasteiger partial charge is 0.379 e. The minimum absolute atomic E-state index is 0.110. The van der Waals surface area contributed by atoms with Crippen LogP contribution in [0.25, 0.3) is 11.0 Å². The quantitative estimate of drug-likeness (QED) is 0.713. The van der Waals surface area contributed by atoms with E-state index in [0.717, 1.165) is 61.0 Å². The maximum Gasteiger partial charge on any atom is 0.255 e. The first-order valence-electron chi connectivity index (χ1n) is 10.2. The molecular weight excluding hydrogens is 364 g/mol. The number of benzene rings is 2. The van der Waals surface area contributed by atoms with Crippen LogP contribution >= 0.6 is 0 Å². The molecule has 0 unspecified atom stereocenters. The van der Waals surface area contributed by atoms with Gasteiger partial charge in [-0.1, -0.05) is 17.7 Å². The van der Waals surface area contributed by atoms with Crippen LogP contribution in [0.15, 0.2) is 42.5 Å². The third-order valence-corrected chi connectivity index (χ3v) is 5.32. The lowest BCUT2D eigenvalue weighted by Gasteiger charge is -2.27. The van der Waals surface area contributed by atoms with Crippen molar-refractivity contribution in [1.82, 2.24) is 14.5 Å². The fourth-order valence-corrected chi connectivity index (χ4v) is 3.78. The molecule has 152 valence electrons. The van der Waals surface area contributed by atoms with E-state index in [1.807, 2.05) is 43.3 Å². The molecule has 1 aliphatic rings. The molecule has 0 atom stereocenters. The highest BCUT2D eigenvalue weighted by Gasteiger charge is 2.18. The van der Waals surface area contributed by atoms with Gasteiger partial charge in [0.05, 0.1) is 30.8 Å². The normalized spacial score (nSPS) is 15.2. The summed E-state index contributed by atoms with van der Waals surface area (Å²) < 4.78 is 7.75. The highest BCUT2D eigenvalue weighted by Crippen LogP contribution is 2.25. The summed E-state index contributed by atoms with van der Waals surface area (Å²) in [5.41, 5.74) is 4.54. The minimum Gasteiger partial charge on any atom is -0.379 e. The summed E-state index contributed by atoms with van der Waals surface area (Å²) in [5, 5.41) is 2.99. The third-order valence-electron chi connectivity index (χ3n) is 5.32. The van der Waals surface area contributed by atoms with Crippen molar-refractivity contribution in [2.75, 3.05) is 31.6 Å². The SMILES string of the molecule is Cc1ccc(C(=O)Nc2ccc3c(c2)nc(CN2CCOCC2)n3C(C)C)cc1. The maximum atomic E-state index is 12.5. The fourth-order valence-electron chi connectivity index (χ4n) is 3.78. The van der Waals surface area contributed by atoms with Gasteiger partial charge in [-0.2, -0.15) is 0 Å². The van der Waals surface area contributed by atoms with Crippen LogP contribution in [0.3, 0.4) is 0 Å². The van der Waals surface area contributed by atoms with Gasteiger partial charge >= 0.3 is 0 Å². The molecule has 0 bridgehead atoms. The number of amides is 1. The third kappa shape index (κ3) is 4.33. The molecule has 0 spiro atoms. The summed E-state index contributed by atoms with van der Waals surface area (Å²) in [5.74, 6) is 0.945. The Balaban J connectivity index is 1.59. The molecule has 0 saturated carbocycles.